The Bertz CT molecular complexity index is 763. The van der Waals surface area contributed by atoms with Crippen molar-refractivity contribution in [2.24, 2.45) is 5.73 Å². The molecule has 0 radical (unpaired) electrons. The third-order valence-electron chi connectivity index (χ3n) is 2.27. The number of sulfonamides is 1. The van der Waals surface area contributed by atoms with E-state index in [0.717, 1.165) is 0 Å². The molecule has 0 spiro atoms. The van der Waals surface area contributed by atoms with E-state index in [1.54, 1.807) is 5.32 Å². The van der Waals surface area contributed by atoms with Crippen molar-refractivity contribution in [2.45, 2.75) is 4.90 Å². The number of carbonyl (C=O) groups excluding carboxylic acids is 3. The van der Waals surface area contributed by atoms with Crippen LogP contribution in [0, 0.1) is 0 Å². The van der Waals surface area contributed by atoms with E-state index < -0.39 is 46.0 Å². The summed E-state index contributed by atoms with van der Waals surface area (Å²) in [5.74, 6) is -2.03. The SMILES string of the molecule is NC(=O)NC(=O)COC(=O)CNS(=O)(=O)c1c(Cl)cc(Br)cc1Cl. The molecule has 1 rings (SSSR count). The minimum atomic E-state index is -4.20. The van der Waals surface area contributed by atoms with Gasteiger partial charge in [0.2, 0.25) is 10.0 Å². The van der Waals surface area contributed by atoms with Gasteiger partial charge in [-0.2, -0.15) is 4.72 Å². The van der Waals surface area contributed by atoms with Crippen LogP contribution in [0.1, 0.15) is 0 Å². The number of halogens is 3. The molecule has 0 aliphatic heterocycles. The van der Waals surface area contributed by atoms with Crippen LogP contribution >= 0.6 is 39.1 Å². The normalized spacial score (nSPS) is 11.0. The monoisotopic (exact) mass is 461 g/mol. The first kappa shape index (κ1) is 20.6. The van der Waals surface area contributed by atoms with Gasteiger partial charge in [-0.05, 0) is 12.1 Å². The van der Waals surface area contributed by atoms with E-state index >= 15 is 0 Å². The van der Waals surface area contributed by atoms with Crippen LogP contribution in [0.2, 0.25) is 10.0 Å². The van der Waals surface area contributed by atoms with E-state index in [4.69, 9.17) is 23.2 Å². The van der Waals surface area contributed by atoms with Crippen molar-refractivity contribution < 1.29 is 27.5 Å². The first-order chi connectivity index (χ1) is 11.0. The van der Waals surface area contributed by atoms with Crippen LogP contribution in [0.15, 0.2) is 21.5 Å². The number of carbonyl (C=O) groups is 3. The Balaban J connectivity index is 2.68. The molecule has 0 aromatic heterocycles. The summed E-state index contributed by atoms with van der Waals surface area (Å²) in [4.78, 5) is 32.4. The summed E-state index contributed by atoms with van der Waals surface area (Å²) in [5, 5.41) is 1.35. The van der Waals surface area contributed by atoms with Crippen molar-refractivity contribution in [3.63, 3.8) is 0 Å². The number of imide groups is 1. The average Bonchev–Trinajstić information content (AvgIpc) is 2.40. The highest BCUT2D eigenvalue weighted by Crippen LogP contribution is 2.32. The number of primary amides is 1. The number of benzene rings is 1. The Labute approximate surface area is 155 Å². The molecule has 0 heterocycles. The van der Waals surface area contributed by atoms with Gasteiger partial charge in [0.1, 0.15) is 11.4 Å². The molecule has 0 saturated carbocycles. The molecule has 0 unspecified atom stereocenters. The van der Waals surface area contributed by atoms with Gasteiger partial charge < -0.3 is 10.5 Å². The summed E-state index contributed by atoms with van der Waals surface area (Å²) in [7, 11) is -4.20. The molecule has 3 amide bonds. The van der Waals surface area contributed by atoms with E-state index in [1.165, 1.54) is 12.1 Å². The van der Waals surface area contributed by atoms with Gasteiger partial charge in [-0.3, -0.25) is 14.9 Å². The zero-order valence-corrected chi connectivity index (χ0v) is 15.6. The largest absolute Gasteiger partial charge is 0.455 e. The fraction of sp³-hybridized carbons (Fsp3) is 0.182. The van der Waals surface area contributed by atoms with E-state index in [9.17, 15) is 22.8 Å². The lowest BCUT2D eigenvalue weighted by atomic mass is 10.4. The maximum absolute atomic E-state index is 12.1. The van der Waals surface area contributed by atoms with Gasteiger partial charge in [0, 0.05) is 4.47 Å². The lowest BCUT2D eigenvalue weighted by Gasteiger charge is -2.10. The standard InChI is InChI=1S/C11H10BrCl2N3O6S/c12-5-1-6(13)10(7(14)2-5)24(21,22)16-3-9(19)23-4-8(18)17-11(15)20/h1-2,16H,3-4H2,(H3,15,17,18,20). The lowest BCUT2D eigenvalue weighted by molar-refractivity contribution is -0.147. The van der Waals surface area contributed by atoms with Gasteiger partial charge >= 0.3 is 12.0 Å². The number of rotatable bonds is 6. The highest BCUT2D eigenvalue weighted by molar-refractivity contribution is 9.10. The molecule has 0 saturated heterocycles. The number of hydrogen-bond donors (Lipinski definition) is 3. The minimum absolute atomic E-state index is 0.156. The maximum Gasteiger partial charge on any atom is 0.321 e. The summed E-state index contributed by atoms with van der Waals surface area (Å²) in [6, 6.07) is 1.51. The molecule has 9 nitrogen and oxygen atoms in total. The Kier molecular flexibility index (Phi) is 7.42. The molecule has 132 valence electrons. The summed E-state index contributed by atoms with van der Waals surface area (Å²) >= 11 is 14.8. The zero-order valence-electron chi connectivity index (χ0n) is 11.6. The van der Waals surface area contributed by atoms with Crippen molar-refractivity contribution in [2.75, 3.05) is 13.2 Å². The minimum Gasteiger partial charge on any atom is -0.455 e. The van der Waals surface area contributed by atoms with Crippen molar-refractivity contribution >= 4 is 67.1 Å². The van der Waals surface area contributed by atoms with Gasteiger partial charge in [0.05, 0.1) is 10.0 Å². The van der Waals surface area contributed by atoms with Gasteiger partial charge in [0.25, 0.3) is 5.91 Å². The van der Waals surface area contributed by atoms with Crippen LogP contribution in [0.3, 0.4) is 0 Å². The third kappa shape index (κ3) is 6.24. The topological polar surface area (TPSA) is 145 Å². The molecule has 1 aromatic rings. The Morgan fingerprint density at radius 2 is 1.75 bits per heavy atom. The first-order valence-electron chi connectivity index (χ1n) is 5.92. The number of nitrogens with two attached hydrogens (primary N) is 1. The maximum atomic E-state index is 12.1. The molecule has 0 bridgehead atoms. The van der Waals surface area contributed by atoms with Gasteiger partial charge in [-0.1, -0.05) is 39.1 Å². The van der Waals surface area contributed by atoms with E-state index in [2.05, 4.69) is 26.4 Å². The first-order valence-corrected chi connectivity index (χ1v) is 8.95. The van der Waals surface area contributed by atoms with Crippen LogP contribution in [0.5, 0.6) is 0 Å². The highest BCUT2D eigenvalue weighted by Gasteiger charge is 2.23. The molecular weight excluding hydrogens is 453 g/mol. The predicted octanol–water partition coefficient (Wildman–Crippen LogP) is 0.772. The summed E-state index contributed by atoms with van der Waals surface area (Å²) in [5.41, 5.74) is 4.69. The number of esters is 1. The van der Waals surface area contributed by atoms with Crippen molar-refractivity contribution in [1.29, 1.82) is 0 Å². The summed E-state index contributed by atoms with van der Waals surface area (Å²) in [6.07, 6.45) is 0. The van der Waals surface area contributed by atoms with Crippen molar-refractivity contribution in [3.05, 3.63) is 26.7 Å². The molecule has 0 atom stereocenters. The van der Waals surface area contributed by atoms with E-state index in [-0.39, 0.29) is 10.0 Å². The second-order valence-corrected chi connectivity index (χ2v) is 7.53. The molecule has 0 aliphatic carbocycles. The Morgan fingerprint density at radius 3 is 2.25 bits per heavy atom. The Morgan fingerprint density at radius 1 is 1.21 bits per heavy atom. The molecular formula is C11H10BrCl2N3O6S. The smallest absolute Gasteiger partial charge is 0.321 e. The highest BCUT2D eigenvalue weighted by atomic mass is 79.9. The van der Waals surface area contributed by atoms with Crippen molar-refractivity contribution in [1.82, 2.24) is 10.0 Å². The van der Waals surface area contributed by atoms with Crippen LogP contribution in [0.4, 0.5) is 4.79 Å². The van der Waals surface area contributed by atoms with E-state index in [0.29, 0.717) is 4.47 Å². The second kappa shape index (κ2) is 8.62. The Hall–Kier alpha value is -1.40. The second-order valence-electron chi connectivity index (χ2n) is 4.10. The third-order valence-corrected chi connectivity index (χ3v) is 5.04. The average molecular weight is 463 g/mol. The predicted molar refractivity (Wildman–Crippen MR) is 88.0 cm³/mol. The summed E-state index contributed by atoms with van der Waals surface area (Å²) in [6.45, 7) is -1.59. The number of nitrogens with one attached hydrogen (secondary N) is 2. The molecule has 13 heteroatoms. The molecule has 4 N–H and O–H groups in total. The summed E-state index contributed by atoms with van der Waals surface area (Å²) < 4.78 is 31.1. The van der Waals surface area contributed by atoms with Crippen LogP contribution in [-0.4, -0.2) is 39.5 Å². The number of hydrogen-bond acceptors (Lipinski definition) is 6. The van der Waals surface area contributed by atoms with Crippen LogP contribution in [-0.2, 0) is 24.3 Å². The van der Waals surface area contributed by atoms with E-state index in [1.807, 2.05) is 4.72 Å². The number of ether oxygens (including phenoxy) is 1. The number of amides is 3. The van der Waals surface area contributed by atoms with Gasteiger partial charge in [-0.15, -0.1) is 0 Å². The van der Waals surface area contributed by atoms with Crippen LogP contribution < -0.4 is 15.8 Å². The van der Waals surface area contributed by atoms with Gasteiger partial charge in [0.15, 0.2) is 6.61 Å². The van der Waals surface area contributed by atoms with Crippen LogP contribution in [0.25, 0.3) is 0 Å². The molecule has 0 fully saturated rings. The molecule has 24 heavy (non-hydrogen) atoms. The fourth-order valence-corrected chi connectivity index (χ4v) is 4.28. The van der Waals surface area contributed by atoms with Crippen molar-refractivity contribution in [3.8, 4) is 0 Å². The quantitative estimate of drug-likeness (QED) is 0.532. The number of urea groups is 1. The fourth-order valence-electron chi connectivity index (χ4n) is 1.38. The van der Waals surface area contributed by atoms with Gasteiger partial charge in [-0.25, -0.2) is 13.2 Å². The molecule has 0 aliphatic rings. The zero-order chi connectivity index (χ0) is 18.5. The lowest BCUT2D eigenvalue weighted by Crippen LogP contribution is -2.39. The molecule has 1 aromatic carbocycles.